The molecule has 2 bridgehead atoms. The Balaban J connectivity index is 1.76. The van der Waals surface area contributed by atoms with Crippen LogP contribution in [0.2, 0.25) is 0 Å². The number of benzene rings is 1. The van der Waals surface area contributed by atoms with E-state index in [4.69, 9.17) is 9.47 Å². The molecule has 0 saturated carbocycles. The van der Waals surface area contributed by atoms with E-state index in [1.807, 2.05) is 0 Å². The molecule has 3 saturated heterocycles. The number of hydrogen-bond acceptors (Lipinski definition) is 6. The van der Waals surface area contributed by atoms with E-state index in [1.165, 1.54) is 9.80 Å². The number of anilines is 1. The second-order valence-electron chi connectivity index (χ2n) is 8.90. The second-order valence-corrected chi connectivity index (χ2v) is 10.1. The van der Waals surface area contributed by atoms with Crippen molar-refractivity contribution in [2.24, 2.45) is 11.8 Å². The lowest BCUT2D eigenvalue weighted by Crippen LogP contribution is -2.57. The summed E-state index contributed by atoms with van der Waals surface area (Å²) < 4.78 is 11.5. The number of halogens is 1. The normalized spacial score (nSPS) is 31.4. The highest BCUT2D eigenvalue weighted by molar-refractivity contribution is 9.09. The largest absolute Gasteiger partial charge is 0.497 e. The van der Waals surface area contributed by atoms with Gasteiger partial charge in [-0.3, -0.25) is 14.4 Å². The molecule has 2 amide bonds. The quantitative estimate of drug-likeness (QED) is 0.266. The maximum atomic E-state index is 14.1. The Labute approximate surface area is 206 Å². The van der Waals surface area contributed by atoms with Crippen molar-refractivity contribution in [3.63, 3.8) is 0 Å². The highest BCUT2D eigenvalue weighted by atomic mass is 79.9. The number of nitrogens with zero attached hydrogens (tertiary/aromatic N) is 2. The number of carbonyl (C=O) groups excluding carboxylic acids is 2. The summed E-state index contributed by atoms with van der Waals surface area (Å²) in [7, 11) is 1.55. The number of carboxylic acids is 1. The van der Waals surface area contributed by atoms with Crippen molar-refractivity contribution in [2.75, 3.05) is 31.7 Å². The third kappa shape index (κ3) is 3.81. The van der Waals surface area contributed by atoms with Crippen molar-refractivity contribution in [1.29, 1.82) is 0 Å². The summed E-state index contributed by atoms with van der Waals surface area (Å²) in [6, 6.07) is 6.00. The van der Waals surface area contributed by atoms with Crippen molar-refractivity contribution in [2.45, 2.75) is 41.8 Å². The minimum Gasteiger partial charge on any atom is -0.497 e. The van der Waals surface area contributed by atoms with Gasteiger partial charge in [0.25, 0.3) is 5.91 Å². The summed E-state index contributed by atoms with van der Waals surface area (Å²) >= 11 is 3.54. The number of hydrogen-bond donors (Lipinski definition) is 2. The van der Waals surface area contributed by atoms with Crippen LogP contribution in [0.15, 0.2) is 36.9 Å². The number of fused-ring (bicyclic) bond motifs is 1. The van der Waals surface area contributed by atoms with Gasteiger partial charge in [0.2, 0.25) is 5.91 Å². The van der Waals surface area contributed by atoms with Gasteiger partial charge in [0.1, 0.15) is 17.4 Å². The third-order valence-electron chi connectivity index (χ3n) is 7.08. The molecular weight excluding hydrogens is 508 g/mol. The highest BCUT2D eigenvalue weighted by Crippen LogP contribution is 2.60. The van der Waals surface area contributed by atoms with Gasteiger partial charge in [-0.25, -0.2) is 0 Å². The Bertz CT molecular complexity index is 971. The molecule has 3 heterocycles. The molecule has 6 atom stereocenters. The van der Waals surface area contributed by atoms with Gasteiger partial charge >= 0.3 is 5.97 Å². The Morgan fingerprint density at radius 2 is 2.06 bits per heavy atom. The van der Waals surface area contributed by atoms with Crippen LogP contribution in [0.3, 0.4) is 0 Å². The molecule has 0 aromatic heterocycles. The number of carboxylic acid groups (broad SMARTS) is 1. The summed E-state index contributed by atoms with van der Waals surface area (Å²) in [5, 5.41) is 19.2. The van der Waals surface area contributed by atoms with Crippen LogP contribution in [-0.4, -0.2) is 82.3 Å². The molecule has 3 fully saturated rings. The summed E-state index contributed by atoms with van der Waals surface area (Å²) in [6.45, 7) is 4.17. The number of aliphatic carboxylic acids is 1. The van der Waals surface area contributed by atoms with E-state index in [0.717, 1.165) is 0 Å². The maximum absolute atomic E-state index is 14.1. The van der Waals surface area contributed by atoms with Gasteiger partial charge in [0.15, 0.2) is 0 Å². The standard InChI is InChI=1S/C24H29BrN2O7/c1-3-10-26(14-6-8-15(33-2)9-7-14)22(30)20-24-13-16(25)19(34-24)17(23(31)32)18(24)21(29)27(20)11-4-5-12-28/h3,6-9,16-20,28H,1,4-5,10-13H2,2H3,(H,31,32)/t16?,17-,18+,19-,20?,24?/m1/s1. The van der Waals surface area contributed by atoms with E-state index >= 15 is 0 Å². The molecular formula is C24H29BrN2O7. The van der Waals surface area contributed by atoms with Gasteiger partial charge in [0.05, 0.1) is 25.0 Å². The van der Waals surface area contributed by atoms with Crippen LogP contribution in [0.25, 0.3) is 0 Å². The molecule has 34 heavy (non-hydrogen) atoms. The summed E-state index contributed by atoms with van der Waals surface area (Å²) in [6.07, 6.45) is 2.22. The van der Waals surface area contributed by atoms with Crippen molar-refractivity contribution in [1.82, 2.24) is 4.90 Å². The first-order valence-electron chi connectivity index (χ1n) is 11.3. The molecule has 1 aromatic rings. The average Bonchev–Trinajstić information content (AvgIpc) is 3.41. The number of ether oxygens (including phenoxy) is 2. The summed E-state index contributed by atoms with van der Waals surface area (Å²) in [4.78, 5) is 42.6. The number of unbranched alkanes of at least 4 members (excludes halogenated alkanes) is 1. The molecule has 10 heteroatoms. The second kappa shape index (κ2) is 9.67. The van der Waals surface area contributed by atoms with Crippen molar-refractivity contribution < 1.29 is 34.1 Å². The fraction of sp³-hybridized carbons (Fsp3) is 0.542. The van der Waals surface area contributed by atoms with Gasteiger partial charge in [0, 0.05) is 30.2 Å². The molecule has 184 valence electrons. The molecule has 2 N–H and O–H groups in total. The zero-order valence-electron chi connectivity index (χ0n) is 18.9. The van der Waals surface area contributed by atoms with E-state index in [9.17, 15) is 24.6 Å². The van der Waals surface area contributed by atoms with Gasteiger partial charge in [-0.2, -0.15) is 0 Å². The zero-order chi connectivity index (χ0) is 24.6. The predicted molar refractivity (Wildman–Crippen MR) is 127 cm³/mol. The molecule has 3 aliphatic heterocycles. The van der Waals surface area contributed by atoms with Crippen molar-refractivity contribution >= 4 is 39.4 Å². The Kier molecular flexibility index (Phi) is 7.02. The number of aliphatic hydroxyl groups is 1. The van der Waals surface area contributed by atoms with E-state index in [0.29, 0.717) is 30.7 Å². The lowest BCUT2D eigenvalue weighted by Gasteiger charge is -2.37. The summed E-state index contributed by atoms with van der Waals surface area (Å²) in [5.74, 6) is -3.16. The van der Waals surface area contributed by atoms with Crippen LogP contribution in [0.1, 0.15) is 19.3 Å². The fourth-order valence-electron chi connectivity index (χ4n) is 5.69. The topological polar surface area (TPSA) is 117 Å². The average molecular weight is 537 g/mol. The molecule has 0 radical (unpaired) electrons. The predicted octanol–water partition coefficient (Wildman–Crippen LogP) is 1.82. The number of aliphatic hydroxyl groups excluding tert-OH is 1. The first kappa shape index (κ1) is 24.7. The lowest BCUT2D eigenvalue weighted by molar-refractivity contribution is -0.149. The highest BCUT2D eigenvalue weighted by Gasteiger charge is 2.76. The van der Waals surface area contributed by atoms with Crippen LogP contribution in [0.4, 0.5) is 5.69 Å². The fourth-order valence-corrected chi connectivity index (χ4v) is 6.63. The van der Waals surface area contributed by atoms with Gasteiger partial charge < -0.3 is 29.5 Å². The first-order valence-corrected chi connectivity index (χ1v) is 12.2. The number of carbonyl (C=O) groups is 3. The molecule has 1 aromatic carbocycles. The summed E-state index contributed by atoms with van der Waals surface area (Å²) in [5.41, 5.74) is -0.632. The van der Waals surface area contributed by atoms with Gasteiger partial charge in [-0.15, -0.1) is 6.58 Å². The monoisotopic (exact) mass is 536 g/mol. The lowest BCUT2D eigenvalue weighted by atomic mass is 9.70. The Morgan fingerprint density at radius 1 is 1.35 bits per heavy atom. The van der Waals surface area contributed by atoms with Crippen LogP contribution in [0.5, 0.6) is 5.75 Å². The number of likely N-dealkylation sites (tertiary alicyclic amines) is 1. The minimum absolute atomic E-state index is 0.0382. The van der Waals surface area contributed by atoms with Gasteiger partial charge in [-0.1, -0.05) is 22.0 Å². The van der Waals surface area contributed by atoms with Crippen LogP contribution in [-0.2, 0) is 19.1 Å². The van der Waals surface area contributed by atoms with Crippen LogP contribution in [0, 0.1) is 11.8 Å². The van der Waals surface area contributed by atoms with E-state index in [-0.39, 0.29) is 36.3 Å². The molecule has 0 aliphatic carbocycles. The zero-order valence-corrected chi connectivity index (χ0v) is 20.5. The molecule has 3 unspecified atom stereocenters. The number of rotatable bonds is 10. The molecule has 9 nitrogen and oxygen atoms in total. The molecule has 1 spiro atoms. The van der Waals surface area contributed by atoms with Crippen LogP contribution >= 0.6 is 15.9 Å². The smallest absolute Gasteiger partial charge is 0.310 e. The van der Waals surface area contributed by atoms with E-state index in [1.54, 1.807) is 37.5 Å². The van der Waals surface area contributed by atoms with Crippen molar-refractivity contribution in [3.8, 4) is 5.75 Å². The van der Waals surface area contributed by atoms with Crippen molar-refractivity contribution in [3.05, 3.63) is 36.9 Å². The number of alkyl halides is 1. The van der Waals surface area contributed by atoms with Crippen LogP contribution < -0.4 is 9.64 Å². The van der Waals surface area contributed by atoms with Gasteiger partial charge in [-0.05, 0) is 43.5 Å². The van der Waals surface area contributed by atoms with E-state index < -0.39 is 35.6 Å². The number of methoxy groups -OCH3 is 1. The maximum Gasteiger partial charge on any atom is 0.310 e. The third-order valence-corrected chi connectivity index (χ3v) is 7.92. The Hall–Kier alpha value is -2.43. The SMILES string of the molecule is C=CCN(C(=O)C1N(CCCCO)C(=O)[C@@H]2[C@@H](C(=O)O)[C@@H]3OC12CC3Br)c1ccc(OC)cc1. The molecule has 3 aliphatic rings. The van der Waals surface area contributed by atoms with E-state index in [2.05, 4.69) is 22.5 Å². The first-order chi connectivity index (χ1) is 16.3. The minimum atomic E-state index is -1.23. The Morgan fingerprint density at radius 3 is 2.65 bits per heavy atom. The number of amides is 2. The molecule has 4 rings (SSSR count).